The number of hydrogen-bond donors (Lipinski definition) is 1. The topological polar surface area (TPSA) is 59.0 Å². The fourth-order valence-electron chi connectivity index (χ4n) is 4.88. The molecule has 0 radical (unpaired) electrons. The second kappa shape index (κ2) is 16.3. The summed E-state index contributed by atoms with van der Waals surface area (Å²) in [6.45, 7) is 5.90. The van der Waals surface area contributed by atoms with E-state index in [-0.39, 0.29) is 5.56 Å². The zero-order valence-electron chi connectivity index (χ0n) is 24.9. The van der Waals surface area contributed by atoms with E-state index in [0.717, 1.165) is 65.7 Å². The summed E-state index contributed by atoms with van der Waals surface area (Å²) in [4.78, 5) is 13.5. The van der Waals surface area contributed by atoms with E-state index in [1.807, 2.05) is 36.4 Å². The molecule has 0 unspecified atom stereocenters. The lowest BCUT2D eigenvalue weighted by Crippen LogP contribution is -2.10. The molecule has 4 aromatic rings. The summed E-state index contributed by atoms with van der Waals surface area (Å²) in [6.07, 6.45) is 9.45. The van der Waals surface area contributed by atoms with Crippen molar-refractivity contribution < 1.29 is 19.4 Å². The number of carbonyl (C=O) groups is 1. The van der Waals surface area contributed by atoms with E-state index in [0.29, 0.717) is 0 Å². The predicted molar refractivity (Wildman–Crippen MR) is 173 cm³/mol. The number of anilines is 3. The standard InChI is InChI=1S/C37H43NO4/c1-3-5-7-9-27-41-35-23-19-33(20-24-35)38(34-21-25-36(26-22-34)42-28-10-8-6-4-2)32-17-15-30(16-18-32)29-11-13-31(14-12-29)37(39)40/h11-26H,3-10,27-28H2,1-2H3,(H,39,40). The van der Waals surface area contributed by atoms with Crippen LogP contribution in [-0.4, -0.2) is 24.3 Å². The largest absolute Gasteiger partial charge is 0.494 e. The number of nitrogens with zero attached hydrogens (tertiary/aromatic N) is 1. The van der Waals surface area contributed by atoms with E-state index in [4.69, 9.17) is 9.47 Å². The average molecular weight is 566 g/mol. The Labute approximate surface area is 250 Å². The minimum atomic E-state index is -0.923. The van der Waals surface area contributed by atoms with E-state index >= 15 is 0 Å². The molecule has 5 nitrogen and oxygen atoms in total. The highest BCUT2D eigenvalue weighted by Crippen LogP contribution is 2.37. The first-order valence-electron chi connectivity index (χ1n) is 15.3. The van der Waals surface area contributed by atoms with Crippen molar-refractivity contribution in [2.24, 2.45) is 0 Å². The molecule has 0 saturated carbocycles. The molecule has 0 aromatic heterocycles. The minimum absolute atomic E-state index is 0.281. The number of carboxylic acid groups (broad SMARTS) is 1. The summed E-state index contributed by atoms with van der Waals surface area (Å²) in [7, 11) is 0. The van der Waals surface area contributed by atoms with Crippen LogP contribution in [-0.2, 0) is 0 Å². The van der Waals surface area contributed by atoms with Crippen LogP contribution in [0, 0.1) is 0 Å². The number of aromatic carboxylic acids is 1. The molecule has 0 aliphatic rings. The summed E-state index contributed by atoms with van der Waals surface area (Å²) >= 11 is 0. The maximum atomic E-state index is 11.2. The van der Waals surface area contributed by atoms with Crippen molar-refractivity contribution in [1.82, 2.24) is 0 Å². The zero-order valence-corrected chi connectivity index (χ0v) is 24.9. The molecule has 4 rings (SSSR count). The zero-order chi connectivity index (χ0) is 29.6. The SMILES string of the molecule is CCCCCCOc1ccc(N(c2ccc(OCCCCCC)cc2)c2ccc(-c3ccc(C(=O)O)cc3)cc2)cc1. The van der Waals surface area contributed by atoms with Crippen LogP contribution in [0.15, 0.2) is 97.1 Å². The minimum Gasteiger partial charge on any atom is -0.494 e. The molecular formula is C37H43NO4. The van der Waals surface area contributed by atoms with Crippen LogP contribution < -0.4 is 14.4 Å². The molecular weight excluding hydrogens is 522 g/mol. The Bertz CT molecular complexity index is 1290. The van der Waals surface area contributed by atoms with Gasteiger partial charge in [-0.1, -0.05) is 76.6 Å². The molecule has 0 amide bonds. The Kier molecular flexibility index (Phi) is 11.9. The van der Waals surface area contributed by atoms with Gasteiger partial charge >= 0.3 is 5.97 Å². The lowest BCUT2D eigenvalue weighted by molar-refractivity contribution is 0.0697. The third-order valence-electron chi connectivity index (χ3n) is 7.31. The quantitative estimate of drug-likeness (QED) is 0.129. The first kappa shape index (κ1) is 30.7. The monoisotopic (exact) mass is 565 g/mol. The summed E-state index contributed by atoms with van der Waals surface area (Å²) in [5.41, 5.74) is 5.35. The third kappa shape index (κ3) is 8.87. The van der Waals surface area contributed by atoms with Gasteiger partial charge in [-0.25, -0.2) is 4.79 Å². The lowest BCUT2D eigenvalue weighted by atomic mass is 10.0. The number of carboxylic acids is 1. The maximum Gasteiger partial charge on any atom is 0.335 e. The first-order chi connectivity index (χ1) is 20.6. The van der Waals surface area contributed by atoms with Gasteiger partial charge in [0.15, 0.2) is 0 Å². The van der Waals surface area contributed by atoms with Gasteiger partial charge in [-0.15, -0.1) is 0 Å². The molecule has 1 N–H and O–H groups in total. The van der Waals surface area contributed by atoms with Crippen molar-refractivity contribution in [3.05, 3.63) is 103 Å². The van der Waals surface area contributed by atoms with Gasteiger partial charge < -0.3 is 19.5 Å². The molecule has 0 heterocycles. The van der Waals surface area contributed by atoms with Crippen LogP contribution in [0.2, 0.25) is 0 Å². The van der Waals surface area contributed by atoms with Gasteiger partial charge in [-0.2, -0.15) is 0 Å². The van der Waals surface area contributed by atoms with Crippen molar-refractivity contribution in [3.8, 4) is 22.6 Å². The van der Waals surface area contributed by atoms with Crippen LogP contribution in [0.4, 0.5) is 17.1 Å². The average Bonchev–Trinajstić information content (AvgIpc) is 3.03. The molecule has 0 fully saturated rings. The Morgan fingerprint density at radius 3 is 1.31 bits per heavy atom. The molecule has 4 aromatic carbocycles. The molecule has 0 aliphatic carbocycles. The molecule has 0 saturated heterocycles. The van der Waals surface area contributed by atoms with Gasteiger partial charge in [-0.3, -0.25) is 0 Å². The second-order valence-electron chi connectivity index (χ2n) is 10.6. The molecule has 42 heavy (non-hydrogen) atoms. The fraction of sp³-hybridized carbons (Fsp3) is 0.324. The Hall–Kier alpha value is -4.25. The highest BCUT2D eigenvalue weighted by molar-refractivity contribution is 5.88. The number of hydrogen-bond acceptors (Lipinski definition) is 4. The summed E-state index contributed by atoms with van der Waals surface area (Å²) in [5, 5.41) is 9.22. The normalized spacial score (nSPS) is 10.8. The van der Waals surface area contributed by atoms with Crippen molar-refractivity contribution in [2.45, 2.75) is 65.2 Å². The van der Waals surface area contributed by atoms with Gasteiger partial charge in [-0.05, 0) is 96.8 Å². The summed E-state index contributed by atoms with van der Waals surface area (Å²) in [6, 6.07) is 31.8. The van der Waals surface area contributed by atoms with Crippen molar-refractivity contribution in [1.29, 1.82) is 0 Å². The molecule has 5 heteroatoms. The Morgan fingerprint density at radius 2 is 0.929 bits per heavy atom. The Morgan fingerprint density at radius 1 is 0.548 bits per heavy atom. The van der Waals surface area contributed by atoms with Crippen LogP contribution in [0.1, 0.15) is 75.6 Å². The third-order valence-corrected chi connectivity index (χ3v) is 7.31. The van der Waals surface area contributed by atoms with Gasteiger partial charge in [0.25, 0.3) is 0 Å². The predicted octanol–water partition coefficient (Wildman–Crippen LogP) is 10.4. The smallest absolute Gasteiger partial charge is 0.335 e. The van der Waals surface area contributed by atoms with E-state index in [9.17, 15) is 9.90 Å². The maximum absolute atomic E-state index is 11.2. The van der Waals surface area contributed by atoms with Crippen LogP contribution >= 0.6 is 0 Å². The second-order valence-corrected chi connectivity index (χ2v) is 10.6. The number of benzene rings is 4. The van der Waals surface area contributed by atoms with Crippen molar-refractivity contribution >= 4 is 23.0 Å². The molecule has 0 bridgehead atoms. The lowest BCUT2D eigenvalue weighted by Gasteiger charge is -2.26. The van der Waals surface area contributed by atoms with E-state index < -0.39 is 5.97 Å². The first-order valence-corrected chi connectivity index (χ1v) is 15.3. The molecule has 220 valence electrons. The molecule has 0 aliphatic heterocycles. The highest BCUT2D eigenvalue weighted by Gasteiger charge is 2.14. The van der Waals surface area contributed by atoms with Crippen molar-refractivity contribution in [3.63, 3.8) is 0 Å². The van der Waals surface area contributed by atoms with Gasteiger partial charge in [0, 0.05) is 17.1 Å². The number of ether oxygens (including phenoxy) is 2. The van der Waals surface area contributed by atoms with Crippen LogP contribution in [0.25, 0.3) is 11.1 Å². The number of unbranched alkanes of at least 4 members (excludes halogenated alkanes) is 6. The van der Waals surface area contributed by atoms with Crippen LogP contribution in [0.3, 0.4) is 0 Å². The molecule has 0 atom stereocenters. The van der Waals surface area contributed by atoms with E-state index in [2.05, 4.69) is 67.3 Å². The van der Waals surface area contributed by atoms with E-state index in [1.54, 1.807) is 12.1 Å². The highest BCUT2D eigenvalue weighted by atomic mass is 16.5. The number of rotatable bonds is 17. The van der Waals surface area contributed by atoms with Crippen molar-refractivity contribution in [2.75, 3.05) is 18.1 Å². The summed E-state index contributed by atoms with van der Waals surface area (Å²) in [5.74, 6) is 0.831. The van der Waals surface area contributed by atoms with Gasteiger partial charge in [0.2, 0.25) is 0 Å². The van der Waals surface area contributed by atoms with Crippen LogP contribution in [0.5, 0.6) is 11.5 Å². The van der Waals surface area contributed by atoms with Gasteiger partial charge in [0.05, 0.1) is 18.8 Å². The van der Waals surface area contributed by atoms with Gasteiger partial charge in [0.1, 0.15) is 11.5 Å². The van der Waals surface area contributed by atoms with E-state index in [1.165, 1.54) is 38.5 Å². The fourth-order valence-corrected chi connectivity index (χ4v) is 4.88. The molecule has 0 spiro atoms. The summed E-state index contributed by atoms with van der Waals surface area (Å²) < 4.78 is 12.0. The Balaban J connectivity index is 1.54.